The predicted octanol–water partition coefficient (Wildman–Crippen LogP) is 5.63. The number of para-hydroxylation sites is 1. The lowest BCUT2D eigenvalue weighted by Gasteiger charge is -2.13. The van der Waals surface area contributed by atoms with Crippen molar-refractivity contribution in [1.82, 2.24) is 19.5 Å². The summed E-state index contributed by atoms with van der Waals surface area (Å²) < 4.78 is 42.0. The summed E-state index contributed by atoms with van der Waals surface area (Å²) in [7, 11) is 0. The van der Waals surface area contributed by atoms with Crippen LogP contribution in [0.3, 0.4) is 0 Å². The van der Waals surface area contributed by atoms with Gasteiger partial charge in [0.05, 0.1) is 34.3 Å². The first-order valence-corrected chi connectivity index (χ1v) is 8.96. The number of nitrogens with zero attached hydrogens (tertiary/aromatic N) is 4. The Hall–Kier alpha value is -3.74. The summed E-state index contributed by atoms with van der Waals surface area (Å²) in [6, 6.07) is 17.0. The first kappa shape index (κ1) is 16.2. The number of aromatic nitrogens is 4. The van der Waals surface area contributed by atoms with Gasteiger partial charge in [0.2, 0.25) is 5.82 Å². The molecule has 140 valence electrons. The molecule has 0 aliphatic carbocycles. The summed E-state index contributed by atoms with van der Waals surface area (Å²) in [5.41, 5.74) is 4.50. The third-order valence-corrected chi connectivity index (χ3v) is 5.28. The molecule has 0 spiro atoms. The SMILES string of the molecule is FC(F)(F)c1ncc2c(n1)-c1ccccc1-c1nccc3c4ccccc4n-2c13. The molecule has 29 heavy (non-hydrogen) atoms. The number of hydrogen-bond acceptors (Lipinski definition) is 3. The molecule has 0 unspecified atom stereocenters. The van der Waals surface area contributed by atoms with E-state index in [1.165, 1.54) is 6.20 Å². The molecule has 5 aromatic rings. The molecule has 0 saturated heterocycles. The Bertz CT molecular complexity index is 1450. The second kappa shape index (κ2) is 5.41. The van der Waals surface area contributed by atoms with Crippen LogP contribution in [0.5, 0.6) is 0 Å². The fraction of sp³-hybridized carbons (Fsp3) is 0.0455. The quantitative estimate of drug-likeness (QED) is 0.338. The van der Waals surface area contributed by atoms with E-state index < -0.39 is 12.0 Å². The average molecular weight is 388 g/mol. The normalized spacial score (nSPS) is 12.7. The van der Waals surface area contributed by atoms with Crippen molar-refractivity contribution in [2.24, 2.45) is 0 Å². The highest BCUT2D eigenvalue weighted by Crippen LogP contribution is 2.45. The lowest BCUT2D eigenvalue weighted by Crippen LogP contribution is -2.13. The zero-order chi connectivity index (χ0) is 19.8. The van der Waals surface area contributed by atoms with E-state index in [0.29, 0.717) is 16.9 Å². The van der Waals surface area contributed by atoms with Gasteiger partial charge in [-0.1, -0.05) is 42.5 Å². The Morgan fingerprint density at radius 1 is 0.759 bits per heavy atom. The lowest BCUT2D eigenvalue weighted by atomic mass is 10.00. The fourth-order valence-corrected chi connectivity index (χ4v) is 4.13. The fourth-order valence-electron chi connectivity index (χ4n) is 4.13. The van der Waals surface area contributed by atoms with E-state index in [1.807, 2.05) is 47.0 Å². The maximum Gasteiger partial charge on any atom is 0.451 e. The van der Waals surface area contributed by atoms with Gasteiger partial charge in [0, 0.05) is 28.1 Å². The number of alkyl halides is 3. The van der Waals surface area contributed by atoms with Crippen LogP contribution in [-0.4, -0.2) is 19.5 Å². The van der Waals surface area contributed by atoms with Crippen LogP contribution >= 0.6 is 0 Å². The van der Waals surface area contributed by atoms with Crippen LogP contribution in [0.15, 0.2) is 67.0 Å². The highest BCUT2D eigenvalue weighted by Gasteiger charge is 2.36. The Morgan fingerprint density at radius 2 is 1.48 bits per heavy atom. The van der Waals surface area contributed by atoms with Crippen LogP contribution in [0.2, 0.25) is 0 Å². The highest BCUT2D eigenvalue weighted by atomic mass is 19.4. The van der Waals surface area contributed by atoms with E-state index >= 15 is 0 Å². The first-order chi connectivity index (χ1) is 14.0. The van der Waals surface area contributed by atoms with Gasteiger partial charge in [0.25, 0.3) is 0 Å². The molecule has 0 atom stereocenters. The molecule has 6 rings (SSSR count). The van der Waals surface area contributed by atoms with Gasteiger partial charge in [0.1, 0.15) is 0 Å². The van der Waals surface area contributed by atoms with Crippen molar-refractivity contribution in [2.75, 3.05) is 0 Å². The van der Waals surface area contributed by atoms with E-state index in [1.54, 1.807) is 18.3 Å². The molecular weight excluding hydrogens is 377 g/mol. The Balaban J connectivity index is 1.88. The Morgan fingerprint density at radius 3 is 2.28 bits per heavy atom. The van der Waals surface area contributed by atoms with E-state index in [0.717, 1.165) is 27.4 Å². The highest BCUT2D eigenvalue weighted by molar-refractivity contribution is 6.15. The van der Waals surface area contributed by atoms with E-state index in [9.17, 15) is 13.2 Å². The van der Waals surface area contributed by atoms with Gasteiger partial charge in [-0.25, -0.2) is 9.97 Å². The van der Waals surface area contributed by atoms with Gasteiger partial charge in [0.15, 0.2) is 0 Å². The maximum absolute atomic E-state index is 13.4. The molecule has 0 saturated carbocycles. The van der Waals surface area contributed by atoms with Crippen molar-refractivity contribution in [2.45, 2.75) is 6.18 Å². The zero-order valence-electron chi connectivity index (χ0n) is 14.8. The largest absolute Gasteiger partial charge is 0.451 e. The topological polar surface area (TPSA) is 43.6 Å². The second-order valence-electron chi connectivity index (χ2n) is 6.88. The molecule has 4 heterocycles. The van der Waals surface area contributed by atoms with Crippen molar-refractivity contribution in [1.29, 1.82) is 0 Å². The zero-order valence-corrected chi connectivity index (χ0v) is 14.8. The van der Waals surface area contributed by atoms with Crippen LogP contribution in [0.25, 0.3) is 50.0 Å². The number of halogens is 3. The third-order valence-electron chi connectivity index (χ3n) is 5.28. The smallest absolute Gasteiger partial charge is 0.304 e. The Labute approximate surface area is 162 Å². The summed E-state index contributed by atoms with van der Waals surface area (Å²) in [5, 5.41) is 1.98. The standard InChI is InChI=1S/C22H11F3N4/c23-22(24,25)21-27-11-17-18(28-21)13-6-1-2-7-14(13)19-20-15(9-10-26-19)12-5-3-4-8-16(12)29(17)20/h1-11H. The van der Waals surface area contributed by atoms with Crippen LogP contribution in [0, 0.1) is 0 Å². The van der Waals surface area contributed by atoms with Gasteiger partial charge in [-0.3, -0.25) is 4.98 Å². The molecule has 0 fully saturated rings. The van der Waals surface area contributed by atoms with E-state index in [2.05, 4.69) is 15.0 Å². The maximum atomic E-state index is 13.4. The van der Waals surface area contributed by atoms with Gasteiger partial charge in [-0.15, -0.1) is 0 Å². The number of rotatable bonds is 0. The van der Waals surface area contributed by atoms with Gasteiger partial charge < -0.3 is 4.57 Å². The van der Waals surface area contributed by atoms with Crippen LogP contribution in [-0.2, 0) is 6.18 Å². The molecule has 1 aliphatic rings. The first-order valence-electron chi connectivity index (χ1n) is 8.96. The summed E-state index contributed by atoms with van der Waals surface area (Å²) in [6.07, 6.45) is -1.64. The number of pyridine rings is 1. The molecule has 1 aliphatic heterocycles. The molecule has 3 aromatic heterocycles. The molecule has 2 aromatic carbocycles. The van der Waals surface area contributed by atoms with Crippen molar-refractivity contribution in [3.05, 3.63) is 72.8 Å². The molecule has 7 heteroatoms. The van der Waals surface area contributed by atoms with Crippen molar-refractivity contribution in [3.63, 3.8) is 0 Å². The van der Waals surface area contributed by atoms with Crippen molar-refractivity contribution >= 4 is 21.8 Å². The minimum absolute atomic E-state index is 0.239. The second-order valence-corrected chi connectivity index (χ2v) is 6.88. The van der Waals surface area contributed by atoms with Crippen molar-refractivity contribution < 1.29 is 13.2 Å². The summed E-state index contributed by atoms with van der Waals surface area (Å²) in [5.74, 6) is -1.15. The minimum atomic E-state index is -4.63. The number of fused-ring (bicyclic) bond motifs is 8. The number of benzene rings is 2. The summed E-state index contributed by atoms with van der Waals surface area (Å²) in [6.45, 7) is 0. The molecule has 0 bridgehead atoms. The average Bonchev–Trinajstić information content (AvgIpc) is 3.00. The monoisotopic (exact) mass is 388 g/mol. The summed E-state index contributed by atoms with van der Waals surface area (Å²) >= 11 is 0. The molecule has 0 N–H and O–H groups in total. The molecule has 4 nitrogen and oxygen atoms in total. The van der Waals surface area contributed by atoms with E-state index in [4.69, 9.17) is 0 Å². The Kier molecular flexibility index (Phi) is 3.03. The van der Waals surface area contributed by atoms with E-state index in [-0.39, 0.29) is 5.69 Å². The van der Waals surface area contributed by atoms with Gasteiger partial charge in [-0.2, -0.15) is 13.2 Å². The summed E-state index contributed by atoms with van der Waals surface area (Å²) in [4.78, 5) is 12.2. The van der Waals surface area contributed by atoms with Crippen LogP contribution in [0.4, 0.5) is 13.2 Å². The third kappa shape index (κ3) is 2.12. The van der Waals surface area contributed by atoms with Crippen molar-refractivity contribution in [3.8, 4) is 28.2 Å². The lowest BCUT2D eigenvalue weighted by molar-refractivity contribution is -0.144. The van der Waals surface area contributed by atoms with Crippen LogP contribution in [0.1, 0.15) is 5.82 Å². The predicted molar refractivity (Wildman–Crippen MR) is 104 cm³/mol. The van der Waals surface area contributed by atoms with Gasteiger partial charge >= 0.3 is 6.18 Å². The minimum Gasteiger partial charge on any atom is -0.304 e. The molecule has 0 amide bonds. The van der Waals surface area contributed by atoms with Gasteiger partial charge in [-0.05, 0) is 12.1 Å². The van der Waals surface area contributed by atoms with Crippen LogP contribution < -0.4 is 0 Å². The molecule has 0 radical (unpaired) electrons. The molecular formula is C22H11F3N4. The number of hydrogen-bond donors (Lipinski definition) is 0.